The van der Waals surface area contributed by atoms with Gasteiger partial charge in [0.1, 0.15) is 17.5 Å². The Morgan fingerprint density at radius 1 is 1.13 bits per heavy atom. The molecule has 1 aromatic carbocycles. The Morgan fingerprint density at radius 3 is 2.57 bits per heavy atom. The summed E-state index contributed by atoms with van der Waals surface area (Å²) < 4.78 is 19.2. The molecule has 2 atom stereocenters. The van der Waals surface area contributed by atoms with E-state index in [-0.39, 0.29) is 11.8 Å². The zero-order chi connectivity index (χ0) is 21.3. The van der Waals surface area contributed by atoms with E-state index in [1.807, 2.05) is 45.0 Å². The smallest absolute Gasteiger partial charge is 0.229 e. The van der Waals surface area contributed by atoms with Crippen LogP contribution in [0, 0.1) is 32.5 Å². The van der Waals surface area contributed by atoms with Gasteiger partial charge < -0.3 is 10.1 Å². The number of halogens is 1. The number of carbonyl (C=O) groups is 1. The summed E-state index contributed by atoms with van der Waals surface area (Å²) in [6.07, 6.45) is 3.40. The molecule has 1 fully saturated rings. The monoisotopic (exact) mass is 406 g/mol. The molecule has 6 nitrogen and oxygen atoms in total. The number of hydrogen-bond acceptors (Lipinski definition) is 5. The molecule has 1 N–H and O–H groups in total. The highest BCUT2D eigenvalue weighted by Gasteiger charge is 2.60. The van der Waals surface area contributed by atoms with E-state index >= 15 is 0 Å². The maximum atomic E-state index is 13.1. The number of rotatable bonds is 6. The Bertz CT molecular complexity index is 1070. The third-order valence-electron chi connectivity index (χ3n) is 5.54. The van der Waals surface area contributed by atoms with Crippen LogP contribution in [0.25, 0.3) is 0 Å². The predicted octanol–water partition coefficient (Wildman–Crippen LogP) is 3.91. The van der Waals surface area contributed by atoms with Crippen molar-refractivity contribution in [2.24, 2.45) is 5.92 Å². The molecular weight excluding hydrogens is 383 g/mol. The van der Waals surface area contributed by atoms with Crippen LogP contribution in [0.2, 0.25) is 0 Å². The number of nitrogens with zero attached hydrogens (tertiary/aromatic N) is 3. The molecule has 2 aromatic heterocycles. The summed E-state index contributed by atoms with van der Waals surface area (Å²) in [5.41, 5.74) is 2.51. The highest BCUT2D eigenvalue weighted by atomic mass is 19.1. The van der Waals surface area contributed by atoms with Gasteiger partial charge >= 0.3 is 0 Å². The molecule has 2 unspecified atom stereocenters. The van der Waals surface area contributed by atoms with Crippen LogP contribution >= 0.6 is 0 Å². The van der Waals surface area contributed by atoms with Gasteiger partial charge in [0, 0.05) is 5.41 Å². The van der Waals surface area contributed by atoms with Gasteiger partial charge in [-0.25, -0.2) is 19.3 Å². The summed E-state index contributed by atoms with van der Waals surface area (Å²) in [5, 5.41) is 2.79. The summed E-state index contributed by atoms with van der Waals surface area (Å²) >= 11 is 0. The largest absolute Gasteiger partial charge is 0.489 e. The first-order valence-corrected chi connectivity index (χ1v) is 9.80. The zero-order valence-electron chi connectivity index (χ0n) is 17.1. The molecule has 1 amide bonds. The van der Waals surface area contributed by atoms with Crippen LogP contribution in [-0.2, 0) is 10.2 Å². The summed E-state index contributed by atoms with van der Waals surface area (Å²) in [6, 6.07) is 10.9. The molecule has 0 radical (unpaired) electrons. The van der Waals surface area contributed by atoms with Crippen molar-refractivity contribution in [3.63, 3.8) is 0 Å². The normalized spacial score (nSPS) is 19.9. The van der Waals surface area contributed by atoms with Crippen molar-refractivity contribution in [3.8, 4) is 5.75 Å². The Balaban J connectivity index is 1.55. The first-order chi connectivity index (χ1) is 14.4. The van der Waals surface area contributed by atoms with Crippen LogP contribution in [0.15, 0.2) is 48.8 Å². The molecule has 0 spiro atoms. The minimum absolute atomic E-state index is 0.157. The van der Waals surface area contributed by atoms with E-state index in [1.54, 1.807) is 6.20 Å². The number of amides is 1. The average Bonchev–Trinajstić information content (AvgIpc) is 3.45. The number of pyridine rings is 1. The van der Waals surface area contributed by atoms with E-state index in [4.69, 9.17) is 4.74 Å². The van der Waals surface area contributed by atoms with Crippen molar-refractivity contribution < 1.29 is 13.9 Å². The number of nitrogens with one attached hydrogen (secondary N) is 1. The topological polar surface area (TPSA) is 77.0 Å². The minimum Gasteiger partial charge on any atom is -0.489 e. The molecule has 7 heteroatoms. The highest BCUT2D eigenvalue weighted by molar-refractivity contribution is 5.95. The van der Waals surface area contributed by atoms with Crippen LogP contribution in [-0.4, -0.2) is 27.5 Å². The fourth-order valence-electron chi connectivity index (χ4n) is 3.68. The van der Waals surface area contributed by atoms with Gasteiger partial charge in [-0.05, 0) is 44.9 Å². The zero-order valence-corrected chi connectivity index (χ0v) is 17.1. The van der Waals surface area contributed by atoms with Crippen molar-refractivity contribution in [1.29, 1.82) is 0 Å². The number of anilines is 1. The lowest BCUT2D eigenvalue weighted by Gasteiger charge is -2.20. The lowest BCUT2D eigenvalue weighted by Crippen LogP contribution is -2.27. The Hall–Kier alpha value is -3.35. The lowest BCUT2D eigenvalue weighted by atomic mass is 9.93. The second-order valence-electron chi connectivity index (χ2n) is 7.79. The maximum Gasteiger partial charge on any atom is 0.229 e. The third-order valence-corrected chi connectivity index (χ3v) is 5.54. The second-order valence-corrected chi connectivity index (χ2v) is 7.79. The van der Waals surface area contributed by atoms with Gasteiger partial charge in [0.2, 0.25) is 5.91 Å². The van der Waals surface area contributed by atoms with Crippen molar-refractivity contribution in [1.82, 2.24) is 15.0 Å². The minimum atomic E-state index is -0.449. The van der Waals surface area contributed by atoms with Crippen molar-refractivity contribution in [2.45, 2.75) is 32.6 Å². The van der Waals surface area contributed by atoms with Crippen LogP contribution in [0.1, 0.15) is 29.1 Å². The lowest BCUT2D eigenvalue weighted by molar-refractivity contribution is -0.117. The maximum absolute atomic E-state index is 13.1. The number of aryl methyl sites for hydroxylation is 3. The number of carbonyl (C=O) groups excluding carboxylic acids is 1. The molecule has 154 valence electrons. The molecule has 0 aliphatic heterocycles. The van der Waals surface area contributed by atoms with E-state index in [1.165, 1.54) is 12.1 Å². The Kier molecular flexibility index (Phi) is 5.20. The molecule has 0 bridgehead atoms. The first-order valence-electron chi connectivity index (χ1n) is 9.80. The van der Waals surface area contributed by atoms with Gasteiger partial charge in [0.25, 0.3) is 0 Å². The predicted molar refractivity (Wildman–Crippen MR) is 111 cm³/mol. The van der Waals surface area contributed by atoms with E-state index in [0.29, 0.717) is 30.4 Å². The van der Waals surface area contributed by atoms with Crippen molar-refractivity contribution in [3.05, 3.63) is 77.3 Å². The van der Waals surface area contributed by atoms with E-state index < -0.39 is 11.2 Å². The first kappa shape index (κ1) is 19.9. The number of aromatic nitrogens is 3. The SMILES string of the molecule is Cc1ccc(C2(COc3cnc(C)nc3C)CC2C(=O)Nc2ccc(F)cn2)cc1. The van der Waals surface area contributed by atoms with Crippen LogP contribution in [0.3, 0.4) is 0 Å². The molecule has 1 saturated carbocycles. The number of benzene rings is 1. The molecule has 0 saturated heterocycles. The van der Waals surface area contributed by atoms with Gasteiger partial charge in [0.05, 0.1) is 30.6 Å². The highest BCUT2D eigenvalue weighted by Crippen LogP contribution is 2.55. The third kappa shape index (κ3) is 4.01. The Labute approximate surface area is 174 Å². The quantitative estimate of drug-likeness (QED) is 0.672. The number of hydrogen-bond donors (Lipinski definition) is 1. The summed E-state index contributed by atoms with van der Waals surface area (Å²) in [6.45, 7) is 6.06. The summed E-state index contributed by atoms with van der Waals surface area (Å²) in [5.74, 6) is 0.739. The summed E-state index contributed by atoms with van der Waals surface area (Å²) in [4.78, 5) is 25.4. The van der Waals surface area contributed by atoms with E-state index in [2.05, 4.69) is 20.3 Å². The second kappa shape index (κ2) is 7.82. The van der Waals surface area contributed by atoms with Gasteiger partial charge in [-0.2, -0.15) is 0 Å². The molecule has 3 aromatic rings. The van der Waals surface area contributed by atoms with Crippen molar-refractivity contribution in [2.75, 3.05) is 11.9 Å². The van der Waals surface area contributed by atoms with Crippen molar-refractivity contribution >= 4 is 11.7 Å². The van der Waals surface area contributed by atoms with Crippen LogP contribution in [0.4, 0.5) is 10.2 Å². The van der Waals surface area contributed by atoms with Crippen LogP contribution in [0.5, 0.6) is 5.75 Å². The molecule has 1 aliphatic rings. The molecule has 2 heterocycles. The van der Waals surface area contributed by atoms with E-state index in [0.717, 1.165) is 23.0 Å². The van der Waals surface area contributed by atoms with Crippen LogP contribution < -0.4 is 10.1 Å². The molecular formula is C23H23FN4O2. The van der Waals surface area contributed by atoms with E-state index in [9.17, 15) is 9.18 Å². The molecule has 4 rings (SSSR count). The van der Waals surface area contributed by atoms with Gasteiger partial charge in [-0.1, -0.05) is 29.8 Å². The van der Waals surface area contributed by atoms with Gasteiger partial charge in [-0.15, -0.1) is 0 Å². The van der Waals surface area contributed by atoms with Gasteiger partial charge in [0.15, 0.2) is 5.75 Å². The average molecular weight is 406 g/mol. The van der Waals surface area contributed by atoms with Gasteiger partial charge in [-0.3, -0.25) is 4.79 Å². The fraction of sp³-hybridized carbons (Fsp3) is 0.304. The fourth-order valence-corrected chi connectivity index (χ4v) is 3.68. The molecule has 30 heavy (non-hydrogen) atoms. The standard InChI is InChI=1S/C23H23FN4O2/c1-14-4-6-17(7-5-14)23(13-30-20-12-25-16(3)27-15(20)2)10-19(23)22(29)28-21-9-8-18(24)11-26-21/h4-9,11-12,19H,10,13H2,1-3H3,(H,26,28,29). The Morgan fingerprint density at radius 2 is 1.90 bits per heavy atom. The molecule has 1 aliphatic carbocycles. The summed E-state index contributed by atoms with van der Waals surface area (Å²) in [7, 11) is 0. The number of ether oxygens (including phenoxy) is 1.